The number of guanidine groups is 1. The fourth-order valence-corrected chi connectivity index (χ4v) is 2.59. The van der Waals surface area contributed by atoms with Crippen LogP contribution >= 0.6 is 0 Å². The van der Waals surface area contributed by atoms with Crippen LogP contribution in [0.4, 0.5) is 0 Å². The second-order valence-corrected chi connectivity index (χ2v) is 5.95. The first-order valence-electron chi connectivity index (χ1n) is 8.84. The van der Waals surface area contributed by atoms with Crippen LogP contribution in [0.5, 0.6) is 0 Å². The summed E-state index contributed by atoms with van der Waals surface area (Å²) in [5.41, 5.74) is 3.33. The summed E-state index contributed by atoms with van der Waals surface area (Å²) < 4.78 is 3.74. The van der Waals surface area contributed by atoms with Crippen LogP contribution in [0.25, 0.3) is 5.69 Å². The molecule has 0 aliphatic carbocycles. The molecule has 0 amide bonds. The Labute approximate surface area is 153 Å². The molecule has 7 nitrogen and oxygen atoms in total. The molecule has 0 saturated heterocycles. The summed E-state index contributed by atoms with van der Waals surface area (Å²) in [7, 11) is 1.93. The van der Waals surface area contributed by atoms with Gasteiger partial charge in [0.1, 0.15) is 0 Å². The molecular weight excluding hydrogens is 326 g/mol. The quantitative estimate of drug-likeness (QED) is 0.504. The fraction of sp³-hybridized carbons (Fsp3) is 0.316. The van der Waals surface area contributed by atoms with Crippen molar-refractivity contribution in [3.63, 3.8) is 0 Å². The average Bonchev–Trinajstić information content (AvgIpc) is 3.29. The summed E-state index contributed by atoms with van der Waals surface area (Å²) in [4.78, 5) is 4.61. The molecule has 3 aromatic rings. The van der Waals surface area contributed by atoms with Crippen LogP contribution in [0.1, 0.15) is 18.2 Å². The van der Waals surface area contributed by atoms with Crippen molar-refractivity contribution in [2.45, 2.75) is 19.9 Å². The molecule has 0 unspecified atom stereocenters. The molecule has 1 aromatic carbocycles. The molecule has 0 saturated carbocycles. The molecule has 136 valence electrons. The lowest BCUT2D eigenvalue weighted by molar-refractivity contribution is 0.707. The second kappa shape index (κ2) is 8.84. The molecule has 0 spiro atoms. The number of hydrogen-bond acceptors (Lipinski definition) is 3. The smallest absolute Gasteiger partial charge is 0.191 e. The van der Waals surface area contributed by atoms with E-state index in [-0.39, 0.29) is 0 Å². The molecule has 26 heavy (non-hydrogen) atoms. The Hall–Kier alpha value is -3.09. The van der Waals surface area contributed by atoms with E-state index in [1.54, 1.807) is 6.20 Å². The van der Waals surface area contributed by atoms with E-state index in [1.165, 1.54) is 5.56 Å². The molecule has 0 atom stereocenters. The Kier molecular flexibility index (Phi) is 6.03. The standard InChI is InChI=1S/C19H25N7/c1-3-20-19(22-14-18-10-12-23-25(18)2)21-11-9-16-13-24-26(15-16)17-7-5-4-6-8-17/h4-8,10,12-13,15H,3,9,11,14H2,1-2H3,(H2,20,21,22). The van der Waals surface area contributed by atoms with Crippen LogP contribution in [0.15, 0.2) is 60.0 Å². The molecule has 2 heterocycles. The number of nitrogens with one attached hydrogen (secondary N) is 2. The third kappa shape index (κ3) is 4.72. The van der Waals surface area contributed by atoms with Gasteiger partial charge in [0.25, 0.3) is 0 Å². The average molecular weight is 351 g/mol. The van der Waals surface area contributed by atoms with E-state index in [0.29, 0.717) is 6.54 Å². The van der Waals surface area contributed by atoms with Gasteiger partial charge in [0.15, 0.2) is 5.96 Å². The van der Waals surface area contributed by atoms with Crippen molar-refractivity contribution in [2.24, 2.45) is 12.0 Å². The normalized spacial score (nSPS) is 11.5. The van der Waals surface area contributed by atoms with Crippen LogP contribution < -0.4 is 10.6 Å². The largest absolute Gasteiger partial charge is 0.357 e. The number of hydrogen-bond donors (Lipinski definition) is 2. The highest BCUT2D eigenvalue weighted by Crippen LogP contribution is 2.07. The van der Waals surface area contributed by atoms with Crippen LogP contribution in [-0.2, 0) is 20.0 Å². The number of aryl methyl sites for hydroxylation is 1. The second-order valence-electron chi connectivity index (χ2n) is 5.95. The van der Waals surface area contributed by atoms with Crippen molar-refractivity contribution in [3.05, 3.63) is 66.2 Å². The highest BCUT2D eigenvalue weighted by molar-refractivity contribution is 5.79. The third-order valence-corrected chi connectivity index (χ3v) is 4.03. The highest BCUT2D eigenvalue weighted by Gasteiger charge is 2.03. The predicted molar refractivity (Wildman–Crippen MR) is 103 cm³/mol. The monoisotopic (exact) mass is 351 g/mol. The lowest BCUT2D eigenvalue weighted by Crippen LogP contribution is -2.38. The molecule has 7 heteroatoms. The van der Waals surface area contributed by atoms with Gasteiger partial charge >= 0.3 is 0 Å². The van der Waals surface area contributed by atoms with Crippen LogP contribution in [0, 0.1) is 0 Å². The van der Waals surface area contributed by atoms with Crippen LogP contribution in [-0.4, -0.2) is 38.6 Å². The van der Waals surface area contributed by atoms with E-state index < -0.39 is 0 Å². The number of para-hydroxylation sites is 1. The van der Waals surface area contributed by atoms with E-state index in [4.69, 9.17) is 0 Å². The maximum atomic E-state index is 4.61. The zero-order chi connectivity index (χ0) is 18.2. The number of aliphatic imine (C=N–C) groups is 1. The Bertz CT molecular complexity index is 832. The van der Waals surface area contributed by atoms with E-state index in [1.807, 2.05) is 59.0 Å². The molecule has 0 bridgehead atoms. The van der Waals surface area contributed by atoms with Gasteiger partial charge in [0, 0.05) is 32.5 Å². The summed E-state index contributed by atoms with van der Waals surface area (Å²) in [6.07, 6.45) is 6.64. The van der Waals surface area contributed by atoms with Crippen molar-refractivity contribution in [3.8, 4) is 5.69 Å². The minimum absolute atomic E-state index is 0.595. The lowest BCUT2D eigenvalue weighted by Gasteiger charge is -2.10. The zero-order valence-electron chi connectivity index (χ0n) is 15.3. The van der Waals surface area contributed by atoms with Gasteiger partial charge < -0.3 is 10.6 Å². The van der Waals surface area contributed by atoms with Crippen molar-refractivity contribution in [2.75, 3.05) is 13.1 Å². The SMILES string of the molecule is CCNC(=NCc1ccnn1C)NCCc1cnn(-c2ccccc2)c1. The maximum Gasteiger partial charge on any atom is 0.191 e. The summed E-state index contributed by atoms with van der Waals surface area (Å²) in [5, 5.41) is 15.2. The topological polar surface area (TPSA) is 72.1 Å². The molecule has 3 rings (SSSR count). The Morgan fingerprint density at radius 1 is 1.12 bits per heavy atom. The van der Waals surface area contributed by atoms with Gasteiger partial charge in [-0.1, -0.05) is 18.2 Å². The zero-order valence-corrected chi connectivity index (χ0v) is 15.3. The maximum absolute atomic E-state index is 4.61. The predicted octanol–water partition coefficient (Wildman–Crippen LogP) is 1.90. The van der Waals surface area contributed by atoms with Crippen LogP contribution in [0.3, 0.4) is 0 Å². The molecule has 0 fully saturated rings. The number of benzene rings is 1. The van der Waals surface area contributed by atoms with Gasteiger partial charge in [-0.25, -0.2) is 9.67 Å². The first-order chi connectivity index (χ1) is 12.8. The Balaban J connectivity index is 1.53. The molecular formula is C19H25N7. The summed E-state index contributed by atoms with van der Waals surface area (Å²) in [6.45, 7) is 4.27. The first-order valence-corrected chi connectivity index (χ1v) is 8.84. The van der Waals surface area contributed by atoms with Gasteiger partial charge in [0.2, 0.25) is 0 Å². The minimum Gasteiger partial charge on any atom is -0.357 e. The van der Waals surface area contributed by atoms with Gasteiger partial charge in [0.05, 0.1) is 24.1 Å². The van der Waals surface area contributed by atoms with Gasteiger partial charge in [-0.3, -0.25) is 4.68 Å². The lowest BCUT2D eigenvalue weighted by atomic mass is 10.2. The van der Waals surface area contributed by atoms with E-state index in [2.05, 4.69) is 38.9 Å². The third-order valence-electron chi connectivity index (χ3n) is 4.03. The minimum atomic E-state index is 0.595. The molecule has 0 aliphatic rings. The van der Waals surface area contributed by atoms with Crippen molar-refractivity contribution in [1.82, 2.24) is 30.2 Å². The first kappa shape index (κ1) is 17.7. The number of aromatic nitrogens is 4. The summed E-state index contributed by atoms with van der Waals surface area (Å²) in [5.74, 6) is 0.809. The summed E-state index contributed by atoms with van der Waals surface area (Å²) in [6, 6.07) is 12.1. The van der Waals surface area contributed by atoms with Gasteiger partial charge in [-0.2, -0.15) is 10.2 Å². The van der Waals surface area contributed by atoms with Crippen molar-refractivity contribution < 1.29 is 0 Å². The van der Waals surface area contributed by atoms with E-state index >= 15 is 0 Å². The molecule has 2 aromatic heterocycles. The molecule has 0 aliphatic heterocycles. The summed E-state index contributed by atoms with van der Waals surface area (Å²) >= 11 is 0. The van der Waals surface area contributed by atoms with E-state index in [9.17, 15) is 0 Å². The van der Waals surface area contributed by atoms with Crippen molar-refractivity contribution in [1.29, 1.82) is 0 Å². The number of rotatable bonds is 7. The van der Waals surface area contributed by atoms with Gasteiger partial charge in [-0.05, 0) is 37.1 Å². The Morgan fingerprint density at radius 3 is 2.69 bits per heavy atom. The van der Waals surface area contributed by atoms with Crippen molar-refractivity contribution >= 4 is 5.96 Å². The molecule has 0 radical (unpaired) electrons. The van der Waals surface area contributed by atoms with E-state index in [0.717, 1.165) is 36.9 Å². The van der Waals surface area contributed by atoms with Gasteiger partial charge in [-0.15, -0.1) is 0 Å². The molecule has 2 N–H and O–H groups in total. The Morgan fingerprint density at radius 2 is 1.96 bits per heavy atom. The number of nitrogens with zero attached hydrogens (tertiary/aromatic N) is 5. The van der Waals surface area contributed by atoms with Crippen LogP contribution in [0.2, 0.25) is 0 Å². The highest BCUT2D eigenvalue weighted by atomic mass is 15.3. The fourth-order valence-electron chi connectivity index (χ4n) is 2.59.